The number of nitrogens with two attached hydrogens (primary N) is 2. The molecule has 6 heteroatoms. The van der Waals surface area contributed by atoms with Crippen LogP contribution < -0.4 is 11.5 Å². The molecule has 0 aliphatic heterocycles. The largest absolute Gasteiger partial charge is 0.369 e. The Morgan fingerprint density at radius 3 is 2.76 bits per heavy atom. The van der Waals surface area contributed by atoms with Crippen LogP contribution in [0.4, 0.5) is 5.95 Å². The molecule has 0 aromatic carbocycles. The Kier molecular flexibility index (Phi) is 2.71. The highest BCUT2D eigenvalue weighted by Crippen LogP contribution is 2.25. The number of carbonyl (C=O) groups excluding carboxylic acids is 1. The molecule has 17 heavy (non-hydrogen) atoms. The average Bonchev–Trinajstić information content (AvgIpc) is 2.55. The zero-order chi connectivity index (χ0) is 12.6. The number of nitrogens with zero attached hydrogens (tertiary/aromatic N) is 3. The average molecular weight is 233 g/mol. The zero-order valence-electron chi connectivity index (χ0n) is 9.79. The molecule has 2 heterocycles. The van der Waals surface area contributed by atoms with Gasteiger partial charge in [-0.25, -0.2) is 9.97 Å². The molecular formula is C11H15N5O. The molecule has 6 nitrogen and oxygen atoms in total. The first kappa shape index (κ1) is 11.4. The standard InChI is InChI=1S/C11H15N5O/c1-6(2)8(9(12)17)16-10-7(15-11(16)13)4-3-5-14-10/h3-6,8H,1-2H3,(H2,12,17)(H2,13,15). The summed E-state index contributed by atoms with van der Waals surface area (Å²) in [6.45, 7) is 3.81. The molecule has 2 aromatic heterocycles. The number of primary amides is 1. The van der Waals surface area contributed by atoms with Gasteiger partial charge in [-0.15, -0.1) is 0 Å². The van der Waals surface area contributed by atoms with E-state index in [1.807, 2.05) is 13.8 Å². The Morgan fingerprint density at radius 2 is 2.18 bits per heavy atom. The van der Waals surface area contributed by atoms with E-state index in [9.17, 15) is 4.79 Å². The Bertz CT molecular complexity index is 560. The lowest BCUT2D eigenvalue weighted by molar-refractivity contribution is -0.122. The van der Waals surface area contributed by atoms with Crippen molar-refractivity contribution in [1.82, 2.24) is 14.5 Å². The first-order valence-corrected chi connectivity index (χ1v) is 5.40. The number of hydrogen-bond donors (Lipinski definition) is 2. The van der Waals surface area contributed by atoms with Crippen LogP contribution in [0.25, 0.3) is 11.2 Å². The second-order valence-corrected chi connectivity index (χ2v) is 4.28. The first-order chi connectivity index (χ1) is 8.02. The first-order valence-electron chi connectivity index (χ1n) is 5.40. The van der Waals surface area contributed by atoms with Crippen LogP contribution in [0.5, 0.6) is 0 Å². The van der Waals surface area contributed by atoms with E-state index < -0.39 is 11.9 Å². The summed E-state index contributed by atoms with van der Waals surface area (Å²) in [4.78, 5) is 19.9. The summed E-state index contributed by atoms with van der Waals surface area (Å²) in [5.41, 5.74) is 12.5. The molecule has 0 saturated carbocycles. The topological polar surface area (TPSA) is 99.8 Å². The van der Waals surface area contributed by atoms with Gasteiger partial charge in [0, 0.05) is 6.20 Å². The van der Waals surface area contributed by atoms with E-state index in [1.54, 1.807) is 22.9 Å². The van der Waals surface area contributed by atoms with E-state index in [0.29, 0.717) is 11.2 Å². The molecule has 1 amide bonds. The number of fused-ring (bicyclic) bond motifs is 1. The highest BCUT2D eigenvalue weighted by atomic mass is 16.1. The molecule has 2 rings (SSSR count). The van der Waals surface area contributed by atoms with Gasteiger partial charge in [0.25, 0.3) is 0 Å². The highest BCUT2D eigenvalue weighted by molar-refractivity contribution is 5.83. The number of aromatic nitrogens is 3. The Hall–Kier alpha value is -2.11. The number of anilines is 1. The van der Waals surface area contributed by atoms with Crippen molar-refractivity contribution in [2.45, 2.75) is 19.9 Å². The third kappa shape index (κ3) is 1.82. The molecular weight excluding hydrogens is 218 g/mol. The molecule has 90 valence electrons. The minimum absolute atomic E-state index is 0.0224. The molecule has 0 aliphatic rings. The Labute approximate surface area is 98.6 Å². The smallest absolute Gasteiger partial charge is 0.240 e. The lowest BCUT2D eigenvalue weighted by Crippen LogP contribution is -2.31. The summed E-state index contributed by atoms with van der Waals surface area (Å²) in [6.07, 6.45) is 1.64. The summed E-state index contributed by atoms with van der Waals surface area (Å²) in [6, 6.07) is 3.04. The second-order valence-electron chi connectivity index (χ2n) is 4.28. The normalized spacial score (nSPS) is 13.1. The molecule has 0 fully saturated rings. The van der Waals surface area contributed by atoms with E-state index in [1.165, 1.54) is 0 Å². The number of imidazole rings is 1. The maximum absolute atomic E-state index is 11.5. The summed E-state index contributed by atoms with van der Waals surface area (Å²) >= 11 is 0. The fraction of sp³-hybridized carbons (Fsp3) is 0.364. The van der Waals surface area contributed by atoms with Crippen LogP contribution >= 0.6 is 0 Å². The SMILES string of the molecule is CC(C)C(C(N)=O)n1c(N)nc2cccnc21. The molecule has 2 aromatic rings. The van der Waals surface area contributed by atoms with Crippen LogP contribution in [-0.4, -0.2) is 20.4 Å². The van der Waals surface area contributed by atoms with Crippen molar-refractivity contribution < 1.29 is 4.79 Å². The molecule has 0 bridgehead atoms. The van der Waals surface area contributed by atoms with Gasteiger partial charge in [-0.3, -0.25) is 9.36 Å². The fourth-order valence-corrected chi connectivity index (χ4v) is 1.98. The molecule has 0 spiro atoms. The maximum Gasteiger partial charge on any atom is 0.240 e. The van der Waals surface area contributed by atoms with Crippen molar-refractivity contribution in [2.24, 2.45) is 11.7 Å². The van der Waals surface area contributed by atoms with E-state index in [4.69, 9.17) is 11.5 Å². The third-order valence-corrected chi connectivity index (χ3v) is 2.68. The minimum atomic E-state index is -0.533. The monoisotopic (exact) mass is 233 g/mol. The van der Waals surface area contributed by atoms with Gasteiger partial charge in [-0.05, 0) is 18.1 Å². The van der Waals surface area contributed by atoms with Crippen molar-refractivity contribution in [1.29, 1.82) is 0 Å². The third-order valence-electron chi connectivity index (χ3n) is 2.68. The molecule has 1 atom stereocenters. The van der Waals surface area contributed by atoms with Gasteiger partial charge in [0.1, 0.15) is 11.6 Å². The van der Waals surface area contributed by atoms with Gasteiger partial charge in [0.05, 0.1) is 0 Å². The van der Waals surface area contributed by atoms with E-state index >= 15 is 0 Å². The van der Waals surface area contributed by atoms with Crippen molar-refractivity contribution >= 4 is 23.0 Å². The van der Waals surface area contributed by atoms with Gasteiger partial charge in [0.15, 0.2) is 5.65 Å². The van der Waals surface area contributed by atoms with Gasteiger partial charge < -0.3 is 11.5 Å². The predicted octanol–water partition coefficient (Wildman–Crippen LogP) is 0.696. The maximum atomic E-state index is 11.5. The van der Waals surface area contributed by atoms with Crippen LogP contribution in [0.3, 0.4) is 0 Å². The molecule has 0 radical (unpaired) electrons. The molecule has 1 unspecified atom stereocenters. The van der Waals surface area contributed by atoms with E-state index in [0.717, 1.165) is 0 Å². The predicted molar refractivity (Wildman–Crippen MR) is 65.0 cm³/mol. The van der Waals surface area contributed by atoms with E-state index in [-0.39, 0.29) is 11.9 Å². The quantitative estimate of drug-likeness (QED) is 0.814. The summed E-state index contributed by atoms with van der Waals surface area (Å²) in [7, 11) is 0. The van der Waals surface area contributed by atoms with Gasteiger partial charge in [-0.1, -0.05) is 13.8 Å². The minimum Gasteiger partial charge on any atom is -0.369 e. The van der Waals surface area contributed by atoms with Crippen molar-refractivity contribution in [3.8, 4) is 0 Å². The number of amides is 1. The van der Waals surface area contributed by atoms with Crippen molar-refractivity contribution in [3.05, 3.63) is 18.3 Å². The summed E-state index contributed by atoms with van der Waals surface area (Å²) < 4.78 is 1.60. The number of pyridine rings is 1. The van der Waals surface area contributed by atoms with Crippen molar-refractivity contribution in [3.63, 3.8) is 0 Å². The van der Waals surface area contributed by atoms with E-state index in [2.05, 4.69) is 9.97 Å². The van der Waals surface area contributed by atoms with Gasteiger partial charge >= 0.3 is 0 Å². The number of rotatable bonds is 3. The lowest BCUT2D eigenvalue weighted by atomic mass is 10.0. The lowest BCUT2D eigenvalue weighted by Gasteiger charge is -2.20. The number of nitrogen functional groups attached to an aromatic ring is 1. The zero-order valence-corrected chi connectivity index (χ0v) is 9.79. The van der Waals surface area contributed by atoms with Crippen LogP contribution in [0.15, 0.2) is 18.3 Å². The van der Waals surface area contributed by atoms with Gasteiger partial charge in [0.2, 0.25) is 11.9 Å². The number of carbonyl (C=O) groups is 1. The molecule has 4 N–H and O–H groups in total. The van der Waals surface area contributed by atoms with Crippen LogP contribution in [0.1, 0.15) is 19.9 Å². The second kappa shape index (κ2) is 4.04. The van der Waals surface area contributed by atoms with Crippen LogP contribution in [0, 0.1) is 5.92 Å². The van der Waals surface area contributed by atoms with Gasteiger partial charge in [-0.2, -0.15) is 0 Å². The van der Waals surface area contributed by atoms with Crippen LogP contribution in [-0.2, 0) is 4.79 Å². The number of hydrogen-bond acceptors (Lipinski definition) is 4. The highest BCUT2D eigenvalue weighted by Gasteiger charge is 2.26. The fourth-order valence-electron chi connectivity index (χ4n) is 1.98. The molecule has 0 saturated heterocycles. The van der Waals surface area contributed by atoms with Crippen LogP contribution in [0.2, 0.25) is 0 Å². The molecule has 0 aliphatic carbocycles. The summed E-state index contributed by atoms with van der Waals surface area (Å²) in [5, 5.41) is 0. The van der Waals surface area contributed by atoms with Crippen molar-refractivity contribution in [2.75, 3.05) is 5.73 Å². The Balaban J connectivity index is 2.68. The summed E-state index contributed by atoms with van der Waals surface area (Å²) in [5.74, 6) is -0.151. The Morgan fingerprint density at radius 1 is 1.47 bits per heavy atom.